The van der Waals surface area contributed by atoms with Crippen molar-refractivity contribution in [1.82, 2.24) is 9.29 Å². The van der Waals surface area contributed by atoms with E-state index in [0.717, 1.165) is 15.4 Å². The van der Waals surface area contributed by atoms with Crippen LogP contribution in [0, 0.1) is 0 Å². The molecule has 0 bridgehead atoms. The molecular formula is C36H28ClN3O7S. The lowest BCUT2D eigenvalue weighted by Crippen LogP contribution is -2.48. The molecule has 242 valence electrons. The van der Waals surface area contributed by atoms with Crippen molar-refractivity contribution >= 4 is 45.2 Å². The van der Waals surface area contributed by atoms with E-state index in [1.807, 2.05) is 0 Å². The van der Waals surface area contributed by atoms with Gasteiger partial charge in [0, 0.05) is 35.6 Å². The maximum atomic E-state index is 14.5. The zero-order chi connectivity index (χ0) is 34.1. The molecule has 6 rings (SSSR count). The second kappa shape index (κ2) is 13.0. The van der Waals surface area contributed by atoms with Gasteiger partial charge in [0.1, 0.15) is 5.54 Å². The van der Waals surface area contributed by atoms with Crippen molar-refractivity contribution in [2.45, 2.75) is 29.3 Å². The van der Waals surface area contributed by atoms with E-state index in [0.29, 0.717) is 27.4 Å². The highest BCUT2D eigenvalue weighted by molar-refractivity contribution is 7.89. The van der Waals surface area contributed by atoms with E-state index < -0.39 is 45.9 Å². The molecule has 1 aliphatic rings. The summed E-state index contributed by atoms with van der Waals surface area (Å²) in [6, 6.07) is 28.7. The summed E-state index contributed by atoms with van der Waals surface area (Å²) in [4.78, 5) is 41.5. The number of aliphatic carboxylic acids is 1. The topological polar surface area (TPSA) is 154 Å². The number of aromatic nitrogens is 1. The van der Waals surface area contributed by atoms with E-state index in [-0.39, 0.29) is 16.9 Å². The second-order valence-corrected chi connectivity index (χ2v) is 13.7. The van der Waals surface area contributed by atoms with Crippen LogP contribution in [0.1, 0.15) is 44.2 Å². The van der Waals surface area contributed by atoms with Gasteiger partial charge in [-0.05, 0) is 89.3 Å². The predicted octanol–water partition coefficient (Wildman–Crippen LogP) is 6.55. The van der Waals surface area contributed by atoms with Crippen LogP contribution < -0.4 is 5.32 Å². The highest BCUT2D eigenvalue weighted by Gasteiger charge is 2.68. The molecule has 0 unspecified atom stereocenters. The number of hydrogen-bond acceptors (Lipinski definition) is 6. The van der Waals surface area contributed by atoms with Crippen molar-refractivity contribution in [2.24, 2.45) is 0 Å². The first-order chi connectivity index (χ1) is 23.0. The molecule has 10 nitrogen and oxygen atoms in total. The quantitative estimate of drug-likeness (QED) is 0.142. The molecule has 1 saturated carbocycles. The summed E-state index contributed by atoms with van der Waals surface area (Å²) in [7, 11) is -4.48. The number of pyridine rings is 1. The number of carboxylic acid groups (broad SMARTS) is 2. The van der Waals surface area contributed by atoms with E-state index in [2.05, 4.69) is 10.3 Å². The molecule has 3 N–H and O–H groups in total. The van der Waals surface area contributed by atoms with Gasteiger partial charge in [-0.15, -0.1) is 0 Å². The Bertz CT molecular complexity index is 2130. The fourth-order valence-electron chi connectivity index (χ4n) is 5.80. The summed E-state index contributed by atoms with van der Waals surface area (Å²) >= 11 is 6.01. The lowest BCUT2D eigenvalue weighted by Gasteiger charge is -2.30. The first-order valence-corrected chi connectivity index (χ1v) is 16.6. The Balaban J connectivity index is 1.38. The van der Waals surface area contributed by atoms with Crippen molar-refractivity contribution in [3.05, 3.63) is 149 Å². The zero-order valence-electron chi connectivity index (χ0n) is 25.2. The second-order valence-electron chi connectivity index (χ2n) is 11.4. The lowest BCUT2D eigenvalue weighted by molar-refractivity contribution is -0.143. The zero-order valence-corrected chi connectivity index (χ0v) is 26.7. The molecule has 5 aromatic rings. The molecule has 0 spiro atoms. The summed E-state index contributed by atoms with van der Waals surface area (Å²) in [5, 5.41) is 23.6. The highest BCUT2D eigenvalue weighted by Crippen LogP contribution is 2.58. The molecule has 1 aromatic heterocycles. The van der Waals surface area contributed by atoms with Crippen LogP contribution in [-0.4, -0.2) is 51.3 Å². The third-order valence-corrected chi connectivity index (χ3v) is 10.5. The van der Waals surface area contributed by atoms with Gasteiger partial charge in [-0.2, -0.15) is 4.31 Å². The number of rotatable bonds is 11. The maximum Gasteiger partial charge on any atom is 0.335 e. The number of anilines is 1. The number of sulfonamides is 1. The molecule has 0 radical (unpaired) electrons. The molecule has 4 aromatic carbocycles. The Morgan fingerprint density at radius 1 is 0.854 bits per heavy atom. The van der Waals surface area contributed by atoms with Gasteiger partial charge in [0.2, 0.25) is 10.0 Å². The predicted molar refractivity (Wildman–Crippen MR) is 179 cm³/mol. The van der Waals surface area contributed by atoms with E-state index >= 15 is 0 Å². The number of carboxylic acids is 2. The molecule has 48 heavy (non-hydrogen) atoms. The van der Waals surface area contributed by atoms with Crippen molar-refractivity contribution < 1.29 is 33.0 Å². The number of amides is 1. The van der Waals surface area contributed by atoms with Crippen molar-refractivity contribution in [2.75, 3.05) is 5.32 Å². The number of nitrogens with zero attached hydrogens (tertiary/aromatic N) is 2. The van der Waals surface area contributed by atoms with Gasteiger partial charge >= 0.3 is 11.9 Å². The number of nitrogens with one attached hydrogen (secondary N) is 1. The summed E-state index contributed by atoms with van der Waals surface area (Å²) in [5.41, 5.74) is 1.12. The van der Waals surface area contributed by atoms with Crippen LogP contribution in [0.5, 0.6) is 0 Å². The maximum absolute atomic E-state index is 14.5. The minimum Gasteiger partial charge on any atom is -0.480 e. The fraction of sp³-hybridized carbons (Fsp3) is 0.111. The van der Waals surface area contributed by atoms with Gasteiger partial charge in [0.25, 0.3) is 5.91 Å². The molecule has 1 aliphatic carbocycles. The molecule has 0 aliphatic heterocycles. The fourth-order valence-corrected chi connectivity index (χ4v) is 7.68. The normalized spacial score (nSPS) is 17.1. The molecular weight excluding hydrogens is 654 g/mol. The van der Waals surface area contributed by atoms with E-state index in [4.69, 9.17) is 11.6 Å². The van der Waals surface area contributed by atoms with E-state index in [9.17, 15) is 33.0 Å². The molecule has 0 saturated heterocycles. The highest BCUT2D eigenvalue weighted by atomic mass is 35.5. The molecule has 1 heterocycles. The summed E-state index contributed by atoms with van der Waals surface area (Å²) in [6.45, 7) is -0.400. The Kier molecular flexibility index (Phi) is 8.85. The van der Waals surface area contributed by atoms with Gasteiger partial charge in [-0.1, -0.05) is 60.1 Å². The number of halogens is 1. The number of hydrogen-bond donors (Lipinski definition) is 3. The average Bonchev–Trinajstić information content (AvgIpc) is 3.85. The Labute approximate surface area is 281 Å². The minimum absolute atomic E-state index is 0.0525. The standard InChI is InChI=1S/C36H28ClN3O7S/c37-29-13-9-24(10-14-29)25-11-15-31(16-12-25)48(46,47)40(22-23-4-1-6-27(18-23)34(42)43)36(35(44)45)20-32(36)26-5-2-8-30(19-26)39-33(41)28-7-3-17-38-21-28/h1-19,21,32H,20,22H2,(H,39,41)(H,42,43)(H,44,45)/t32-,36-/m1/s1. The summed E-state index contributed by atoms with van der Waals surface area (Å²) in [5.74, 6) is -3.75. The number of carbonyl (C=O) groups excluding carboxylic acids is 1. The third-order valence-electron chi connectivity index (χ3n) is 8.34. The van der Waals surface area contributed by atoms with Crippen LogP contribution in [0.15, 0.2) is 126 Å². The van der Waals surface area contributed by atoms with E-state index in [1.165, 1.54) is 36.5 Å². The monoisotopic (exact) mass is 681 g/mol. The average molecular weight is 682 g/mol. The van der Waals surface area contributed by atoms with Crippen molar-refractivity contribution in [3.8, 4) is 11.1 Å². The van der Waals surface area contributed by atoms with Crippen molar-refractivity contribution in [3.63, 3.8) is 0 Å². The van der Waals surface area contributed by atoms with Gasteiger partial charge in [0.15, 0.2) is 0 Å². The summed E-state index contributed by atoms with van der Waals surface area (Å²) < 4.78 is 29.9. The van der Waals surface area contributed by atoms with Crippen molar-refractivity contribution in [1.29, 1.82) is 0 Å². The van der Waals surface area contributed by atoms with Crippen LogP contribution in [-0.2, 0) is 21.4 Å². The number of aromatic carboxylic acids is 1. The Morgan fingerprint density at radius 2 is 1.52 bits per heavy atom. The summed E-state index contributed by atoms with van der Waals surface area (Å²) in [6.07, 6.45) is 2.91. The van der Waals surface area contributed by atoms with Gasteiger partial charge in [-0.25, -0.2) is 13.2 Å². The molecule has 2 atom stereocenters. The minimum atomic E-state index is -4.48. The van der Waals surface area contributed by atoms with Crippen LogP contribution in [0.3, 0.4) is 0 Å². The van der Waals surface area contributed by atoms with Crippen LogP contribution in [0.25, 0.3) is 11.1 Å². The van der Waals surface area contributed by atoms with Crippen LogP contribution in [0.4, 0.5) is 5.69 Å². The smallest absolute Gasteiger partial charge is 0.335 e. The van der Waals surface area contributed by atoms with Gasteiger partial charge in [0.05, 0.1) is 16.0 Å². The third kappa shape index (κ3) is 6.43. The molecule has 1 fully saturated rings. The first kappa shape index (κ1) is 32.6. The van der Waals surface area contributed by atoms with Crippen LogP contribution >= 0.6 is 11.6 Å². The van der Waals surface area contributed by atoms with Crippen LogP contribution in [0.2, 0.25) is 5.02 Å². The SMILES string of the molecule is O=C(O)c1cccc(CN([C@]2(C(=O)O)C[C@@H]2c2cccc(NC(=O)c3cccnc3)c2)S(=O)(=O)c2ccc(-c3ccc(Cl)cc3)cc2)c1. The Hall–Kier alpha value is -5.36. The number of benzene rings is 4. The van der Waals surface area contributed by atoms with E-state index in [1.54, 1.807) is 85.1 Å². The molecule has 12 heteroatoms. The number of carbonyl (C=O) groups is 3. The largest absolute Gasteiger partial charge is 0.480 e. The van der Waals surface area contributed by atoms with Gasteiger partial charge < -0.3 is 15.5 Å². The molecule has 1 amide bonds. The first-order valence-electron chi connectivity index (χ1n) is 14.7. The Morgan fingerprint density at radius 3 is 2.17 bits per heavy atom. The lowest BCUT2D eigenvalue weighted by atomic mass is 10.0. The van der Waals surface area contributed by atoms with Gasteiger partial charge in [-0.3, -0.25) is 14.6 Å².